The maximum absolute atomic E-state index is 12.8. The van der Waals surface area contributed by atoms with Gasteiger partial charge < -0.3 is 5.11 Å². The fraction of sp³-hybridized carbons (Fsp3) is 0. The van der Waals surface area contributed by atoms with Gasteiger partial charge in [-0.15, -0.1) is 0 Å². The third-order valence-electron chi connectivity index (χ3n) is 2.05. The van der Waals surface area contributed by atoms with Crippen LogP contribution in [0.1, 0.15) is 10.4 Å². The van der Waals surface area contributed by atoms with Crippen molar-refractivity contribution in [1.82, 2.24) is 0 Å². The van der Waals surface area contributed by atoms with Crippen LogP contribution in [0.25, 0.3) is 10.8 Å². The summed E-state index contributed by atoms with van der Waals surface area (Å²) in [5, 5.41) is 10.2. The summed E-state index contributed by atoms with van der Waals surface area (Å²) in [6.07, 6.45) is 0. The molecule has 1 N–H and O–H groups in total. The van der Waals surface area contributed by atoms with Gasteiger partial charge in [0.2, 0.25) is 0 Å². The lowest BCUT2D eigenvalue weighted by Crippen LogP contribution is -1.95. The van der Waals surface area contributed by atoms with Crippen molar-refractivity contribution in [2.24, 2.45) is 0 Å². The number of hydrogen-bond acceptors (Lipinski definition) is 1. The first kappa shape index (κ1) is 8.69. The Morgan fingerprint density at radius 3 is 2.50 bits per heavy atom. The fourth-order valence-corrected chi connectivity index (χ4v) is 1.35. The van der Waals surface area contributed by atoms with Gasteiger partial charge in [-0.05, 0) is 35.0 Å². The summed E-state index contributed by atoms with van der Waals surface area (Å²) in [5.74, 6) is -1.36. The first-order valence-corrected chi connectivity index (χ1v) is 4.09. The quantitative estimate of drug-likeness (QED) is 0.750. The normalized spacial score (nSPS) is 10.4. The molecule has 0 aromatic heterocycles. The minimum absolute atomic E-state index is 0.170. The van der Waals surface area contributed by atoms with Gasteiger partial charge in [0.15, 0.2) is 0 Å². The van der Waals surface area contributed by atoms with E-state index in [0.29, 0.717) is 5.39 Å². The third-order valence-corrected chi connectivity index (χ3v) is 2.05. The van der Waals surface area contributed by atoms with Gasteiger partial charge in [-0.25, -0.2) is 9.18 Å². The van der Waals surface area contributed by atoms with E-state index in [1.54, 1.807) is 12.1 Å². The van der Waals surface area contributed by atoms with Gasteiger partial charge in [-0.1, -0.05) is 12.1 Å². The van der Waals surface area contributed by atoms with E-state index in [1.165, 1.54) is 24.3 Å². The summed E-state index contributed by atoms with van der Waals surface area (Å²) < 4.78 is 12.8. The lowest BCUT2D eigenvalue weighted by molar-refractivity contribution is 0.0697. The van der Waals surface area contributed by atoms with Gasteiger partial charge in [0.25, 0.3) is 0 Å². The number of carboxylic acid groups (broad SMARTS) is 1. The highest BCUT2D eigenvalue weighted by Gasteiger charge is 2.03. The largest absolute Gasteiger partial charge is 0.478 e. The van der Waals surface area contributed by atoms with Crippen molar-refractivity contribution in [2.45, 2.75) is 0 Å². The van der Waals surface area contributed by atoms with Gasteiger partial charge in [0.1, 0.15) is 5.82 Å². The first-order chi connectivity index (χ1) is 6.66. The van der Waals surface area contributed by atoms with Crippen LogP contribution in [0.4, 0.5) is 4.39 Å². The Hall–Kier alpha value is -1.90. The molecule has 2 aromatic carbocycles. The molecule has 0 aliphatic heterocycles. The highest BCUT2D eigenvalue weighted by Crippen LogP contribution is 2.17. The number of aromatic carboxylic acids is 1. The average molecular weight is 190 g/mol. The summed E-state index contributed by atoms with van der Waals surface area (Å²) in [6.45, 7) is 0. The molecule has 0 radical (unpaired) electrons. The zero-order valence-electron chi connectivity index (χ0n) is 7.20. The molecule has 0 aliphatic rings. The number of hydrogen-bond donors (Lipinski definition) is 1. The summed E-state index contributed by atoms with van der Waals surface area (Å²) in [7, 11) is 0. The molecule has 0 saturated heterocycles. The molecule has 0 saturated carbocycles. The van der Waals surface area contributed by atoms with Gasteiger partial charge in [-0.2, -0.15) is 0 Å². The summed E-state index contributed by atoms with van der Waals surface area (Å²) >= 11 is 0. The second-order valence-corrected chi connectivity index (χ2v) is 3.01. The van der Waals surface area contributed by atoms with Crippen molar-refractivity contribution in [2.75, 3.05) is 0 Å². The Morgan fingerprint density at radius 1 is 1.07 bits per heavy atom. The molecule has 0 amide bonds. The molecule has 0 unspecified atom stereocenters. The maximum Gasteiger partial charge on any atom is 0.335 e. The number of carbonyl (C=O) groups is 1. The third kappa shape index (κ3) is 1.44. The van der Waals surface area contributed by atoms with E-state index in [2.05, 4.69) is 0 Å². The topological polar surface area (TPSA) is 37.3 Å². The van der Waals surface area contributed by atoms with Crippen LogP contribution < -0.4 is 0 Å². The second-order valence-electron chi connectivity index (χ2n) is 3.01. The van der Waals surface area contributed by atoms with E-state index >= 15 is 0 Å². The molecule has 0 heterocycles. The molecule has 14 heavy (non-hydrogen) atoms. The van der Waals surface area contributed by atoms with Crippen LogP contribution in [0.5, 0.6) is 0 Å². The molecule has 0 aliphatic carbocycles. The van der Waals surface area contributed by atoms with Gasteiger partial charge in [0.05, 0.1) is 5.56 Å². The van der Waals surface area contributed by atoms with Gasteiger partial charge >= 0.3 is 5.97 Å². The van der Waals surface area contributed by atoms with Crippen LogP contribution in [0.3, 0.4) is 0 Å². The van der Waals surface area contributed by atoms with Gasteiger partial charge in [0, 0.05) is 0 Å². The Labute approximate surface area is 79.6 Å². The molecule has 0 fully saturated rings. The summed E-state index contributed by atoms with van der Waals surface area (Å²) in [6, 6.07) is 8.92. The number of benzene rings is 2. The fourth-order valence-electron chi connectivity index (χ4n) is 1.35. The molecule has 70 valence electrons. The van der Waals surface area contributed by atoms with Crippen LogP contribution in [0.2, 0.25) is 0 Å². The van der Waals surface area contributed by atoms with Crippen molar-refractivity contribution in [3.05, 3.63) is 47.8 Å². The van der Waals surface area contributed by atoms with E-state index in [9.17, 15) is 9.18 Å². The van der Waals surface area contributed by atoms with Crippen molar-refractivity contribution in [3.63, 3.8) is 0 Å². The summed E-state index contributed by atoms with van der Waals surface area (Å²) in [5.41, 5.74) is 0.170. The summed E-state index contributed by atoms with van der Waals surface area (Å²) in [4.78, 5) is 10.6. The number of carboxylic acids is 1. The van der Waals surface area contributed by atoms with Crippen molar-refractivity contribution in [3.8, 4) is 0 Å². The molecule has 0 bridgehead atoms. The number of fused-ring (bicyclic) bond motifs is 1. The van der Waals surface area contributed by atoms with Crippen molar-refractivity contribution < 1.29 is 14.3 Å². The van der Waals surface area contributed by atoms with Crippen LogP contribution in [-0.2, 0) is 0 Å². The zero-order chi connectivity index (χ0) is 10.1. The van der Waals surface area contributed by atoms with E-state index < -0.39 is 5.97 Å². The Kier molecular flexibility index (Phi) is 1.93. The predicted octanol–water partition coefficient (Wildman–Crippen LogP) is 2.68. The predicted molar refractivity (Wildman–Crippen MR) is 50.9 cm³/mol. The van der Waals surface area contributed by atoms with Crippen molar-refractivity contribution >= 4 is 16.7 Å². The maximum atomic E-state index is 12.8. The van der Waals surface area contributed by atoms with E-state index in [-0.39, 0.29) is 11.4 Å². The molecule has 2 rings (SSSR count). The smallest absolute Gasteiger partial charge is 0.335 e. The zero-order valence-corrected chi connectivity index (χ0v) is 7.20. The Bertz CT molecular complexity index is 506. The molecule has 2 aromatic rings. The van der Waals surface area contributed by atoms with Crippen LogP contribution in [-0.4, -0.2) is 11.1 Å². The van der Waals surface area contributed by atoms with E-state index in [1.807, 2.05) is 0 Å². The first-order valence-electron chi connectivity index (χ1n) is 4.09. The average Bonchev–Trinajstić information content (AvgIpc) is 2.16. The number of rotatable bonds is 1. The molecule has 2 nitrogen and oxygen atoms in total. The van der Waals surface area contributed by atoms with Crippen LogP contribution >= 0.6 is 0 Å². The highest BCUT2D eigenvalue weighted by atomic mass is 19.1. The minimum Gasteiger partial charge on any atom is -0.478 e. The highest BCUT2D eigenvalue weighted by molar-refractivity contribution is 5.94. The lowest BCUT2D eigenvalue weighted by Gasteiger charge is -1.99. The Morgan fingerprint density at radius 2 is 1.79 bits per heavy atom. The van der Waals surface area contributed by atoms with Crippen LogP contribution in [0, 0.1) is 5.82 Å². The SMILES string of the molecule is O=C(O)c1ccc2ccc(F)cc2c1. The van der Waals surface area contributed by atoms with E-state index in [4.69, 9.17) is 5.11 Å². The molecular formula is C11H7FO2. The lowest BCUT2D eigenvalue weighted by atomic mass is 10.1. The molecular weight excluding hydrogens is 183 g/mol. The monoisotopic (exact) mass is 190 g/mol. The number of halogens is 1. The molecule has 0 spiro atoms. The molecule has 3 heteroatoms. The standard InChI is InChI=1S/C11H7FO2/c12-10-4-3-7-1-2-8(11(13)14)5-9(7)6-10/h1-6H,(H,13,14). The minimum atomic E-state index is -1.00. The van der Waals surface area contributed by atoms with Crippen LogP contribution in [0.15, 0.2) is 36.4 Å². The van der Waals surface area contributed by atoms with E-state index in [0.717, 1.165) is 5.39 Å². The molecule has 0 atom stereocenters. The van der Waals surface area contributed by atoms with Crippen molar-refractivity contribution in [1.29, 1.82) is 0 Å². The second kappa shape index (κ2) is 3.10. The Balaban J connectivity index is 2.69. The van der Waals surface area contributed by atoms with Gasteiger partial charge in [-0.3, -0.25) is 0 Å².